The van der Waals surface area contributed by atoms with Crippen LogP contribution in [0.2, 0.25) is 0 Å². The maximum atomic E-state index is 6.97. The third-order valence-electron chi connectivity index (χ3n) is 4.55. The van der Waals surface area contributed by atoms with Crippen LogP contribution in [0.25, 0.3) is 0 Å². The van der Waals surface area contributed by atoms with Crippen molar-refractivity contribution in [1.82, 2.24) is 0 Å². The predicted molar refractivity (Wildman–Crippen MR) is 67.3 cm³/mol. The lowest BCUT2D eigenvalue weighted by Crippen LogP contribution is -2.63. The summed E-state index contributed by atoms with van der Waals surface area (Å²) in [6.45, 7) is 6.28. The van der Waals surface area contributed by atoms with Crippen LogP contribution in [0, 0.1) is 5.41 Å². The highest BCUT2D eigenvalue weighted by Crippen LogP contribution is 2.30. The summed E-state index contributed by atoms with van der Waals surface area (Å²) in [5, 5.41) is 6.97. The number of quaternary nitrogens is 1. The van der Waals surface area contributed by atoms with Crippen LogP contribution in [-0.4, -0.2) is 49.0 Å². The highest BCUT2D eigenvalue weighted by molar-refractivity contribution is 5.35. The van der Waals surface area contributed by atoms with E-state index in [2.05, 4.69) is 17.9 Å². The molecule has 1 saturated carbocycles. The molecule has 1 aliphatic heterocycles. The van der Waals surface area contributed by atoms with Crippen LogP contribution in [0.5, 0.6) is 0 Å². The van der Waals surface area contributed by atoms with Crippen LogP contribution in [0.1, 0.15) is 39.0 Å². The maximum absolute atomic E-state index is 6.97. The van der Waals surface area contributed by atoms with Gasteiger partial charge in [-0.05, 0) is 32.6 Å². The molecule has 17 heavy (non-hydrogen) atoms. The molecule has 0 spiro atoms. The van der Waals surface area contributed by atoms with Crippen molar-refractivity contribution in [2.24, 2.45) is 4.99 Å². The first-order valence-corrected chi connectivity index (χ1v) is 6.89. The molecule has 2 aliphatic rings. The molecule has 4 heteroatoms. The highest BCUT2D eigenvalue weighted by Gasteiger charge is 2.41. The fourth-order valence-electron chi connectivity index (χ4n) is 3.48. The van der Waals surface area contributed by atoms with E-state index in [9.17, 15) is 0 Å². The Hall–Kier alpha value is -0.700. The molecule has 0 aromatic rings. The zero-order valence-corrected chi connectivity index (χ0v) is 10.8. The summed E-state index contributed by atoms with van der Waals surface area (Å²) in [4.78, 5) is 4.00. The van der Waals surface area contributed by atoms with E-state index >= 15 is 0 Å². The SMILES string of the molecule is CC[N@@+]1(C2CCCCC2)CCO[C@H](N=C=N)C1. The molecule has 1 N–H and O–H groups in total. The molecule has 0 radical (unpaired) electrons. The van der Waals surface area contributed by atoms with Crippen LogP contribution in [0.4, 0.5) is 0 Å². The second kappa shape index (κ2) is 5.76. The van der Waals surface area contributed by atoms with Crippen molar-refractivity contribution in [3.05, 3.63) is 0 Å². The number of rotatable bonds is 3. The van der Waals surface area contributed by atoms with E-state index in [1.165, 1.54) is 32.1 Å². The number of nitrogens with one attached hydrogen (secondary N) is 1. The molecule has 2 fully saturated rings. The molecule has 2 atom stereocenters. The van der Waals surface area contributed by atoms with E-state index in [0.29, 0.717) is 0 Å². The van der Waals surface area contributed by atoms with Gasteiger partial charge in [0.05, 0.1) is 25.2 Å². The molecule has 0 bridgehead atoms. The molecule has 0 aromatic heterocycles. The summed E-state index contributed by atoms with van der Waals surface area (Å²) in [5.74, 6) is 0. The van der Waals surface area contributed by atoms with Crippen LogP contribution in [0.15, 0.2) is 4.99 Å². The summed E-state index contributed by atoms with van der Waals surface area (Å²) < 4.78 is 6.75. The molecule has 2 rings (SSSR count). The Labute approximate surface area is 104 Å². The third kappa shape index (κ3) is 2.76. The zero-order chi connectivity index (χ0) is 12.1. The lowest BCUT2D eigenvalue weighted by Gasteiger charge is -2.49. The van der Waals surface area contributed by atoms with Crippen molar-refractivity contribution < 1.29 is 9.22 Å². The van der Waals surface area contributed by atoms with Crippen molar-refractivity contribution >= 4 is 6.01 Å². The lowest BCUT2D eigenvalue weighted by molar-refractivity contribution is -0.960. The lowest BCUT2D eigenvalue weighted by atomic mass is 9.91. The monoisotopic (exact) mass is 238 g/mol. The second-order valence-corrected chi connectivity index (χ2v) is 5.30. The van der Waals surface area contributed by atoms with Gasteiger partial charge >= 0.3 is 0 Å². The molecular weight excluding hydrogens is 214 g/mol. The molecule has 1 heterocycles. The first kappa shape index (κ1) is 12.7. The smallest absolute Gasteiger partial charge is 0.207 e. The van der Waals surface area contributed by atoms with Crippen LogP contribution < -0.4 is 0 Å². The number of ether oxygens (including phenoxy) is 1. The average Bonchev–Trinajstić information content (AvgIpc) is 2.40. The second-order valence-electron chi connectivity index (χ2n) is 5.30. The Morgan fingerprint density at radius 3 is 2.76 bits per heavy atom. The van der Waals surface area contributed by atoms with E-state index in [1.54, 1.807) is 0 Å². The molecule has 4 nitrogen and oxygen atoms in total. The van der Waals surface area contributed by atoms with E-state index in [-0.39, 0.29) is 6.23 Å². The first-order chi connectivity index (χ1) is 8.30. The summed E-state index contributed by atoms with van der Waals surface area (Å²) in [7, 11) is 0. The minimum absolute atomic E-state index is 0.136. The molecule has 1 saturated heterocycles. The minimum Gasteiger partial charge on any atom is -0.345 e. The number of nitrogens with zero attached hydrogens (tertiary/aromatic N) is 2. The molecule has 0 aromatic carbocycles. The number of hydrogen-bond acceptors (Lipinski definition) is 3. The molecule has 0 amide bonds. The Morgan fingerprint density at radius 2 is 2.12 bits per heavy atom. The first-order valence-electron chi connectivity index (χ1n) is 6.89. The van der Waals surface area contributed by atoms with Gasteiger partial charge in [0.25, 0.3) is 0 Å². The number of aliphatic imine (C=N–C) groups is 1. The van der Waals surface area contributed by atoms with Crippen LogP contribution >= 0.6 is 0 Å². The fourth-order valence-corrected chi connectivity index (χ4v) is 3.48. The maximum Gasteiger partial charge on any atom is 0.207 e. The third-order valence-corrected chi connectivity index (χ3v) is 4.55. The van der Waals surface area contributed by atoms with Gasteiger partial charge in [-0.1, -0.05) is 6.42 Å². The molecule has 0 unspecified atom stereocenters. The summed E-state index contributed by atoms with van der Waals surface area (Å²) >= 11 is 0. The number of likely N-dealkylation sites (N-methyl/N-ethyl adjacent to an activating group) is 1. The van der Waals surface area contributed by atoms with Gasteiger partial charge < -0.3 is 9.22 Å². The van der Waals surface area contributed by atoms with Crippen molar-refractivity contribution in [2.45, 2.75) is 51.3 Å². The normalized spacial score (nSPS) is 35.2. The predicted octanol–water partition coefficient (Wildman–Crippen LogP) is 2.26. The highest BCUT2D eigenvalue weighted by atomic mass is 16.5. The average molecular weight is 238 g/mol. The molecular formula is C13H24N3O+. The summed E-state index contributed by atoms with van der Waals surface area (Å²) in [5.41, 5.74) is 0. The van der Waals surface area contributed by atoms with Gasteiger partial charge in [-0.15, -0.1) is 0 Å². The Bertz CT molecular complexity index is 295. The van der Waals surface area contributed by atoms with Crippen molar-refractivity contribution in [3.8, 4) is 0 Å². The van der Waals surface area contributed by atoms with Gasteiger partial charge in [-0.2, -0.15) is 4.99 Å². The molecule has 96 valence electrons. The fraction of sp³-hybridized carbons (Fsp3) is 0.923. The van der Waals surface area contributed by atoms with Gasteiger partial charge in [0.1, 0.15) is 13.1 Å². The van der Waals surface area contributed by atoms with E-state index in [1.807, 2.05) is 0 Å². The minimum atomic E-state index is -0.136. The van der Waals surface area contributed by atoms with Crippen molar-refractivity contribution in [1.29, 1.82) is 5.41 Å². The summed E-state index contributed by atoms with van der Waals surface area (Å²) in [6, 6.07) is 2.93. The van der Waals surface area contributed by atoms with Gasteiger partial charge in [0.15, 0.2) is 0 Å². The number of morpholine rings is 1. The van der Waals surface area contributed by atoms with Gasteiger partial charge in [-0.25, -0.2) is 5.41 Å². The topological polar surface area (TPSA) is 45.4 Å². The van der Waals surface area contributed by atoms with E-state index in [4.69, 9.17) is 10.1 Å². The number of hydrogen-bond donors (Lipinski definition) is 1. The Kier molecular flexibility index (Phi) is 4.32. The van der Waals surface area contributed by atoms with Gasteiger partial charge in [0.2, 0.25) is 6.23 Å². The van der Waals surface area contributed by atoms with Crippen molar-refractivity contribution in [3.63, 3.8) is 0 Å². The largest absolute Gasteiger partial charge is 0.345 e. The van der Waals surface area contributed by atoms with Gasteiger partial charge in [-0.3, -0.25) is 0 Å². The van der Waals surface area contributed by atoms with E-state index < -0.39 is 0 Å². The molecule has 1 aliphatic carbocycles. The van der Waals surface area contributed by atoms with Crippen LogP contribution in [0.3, 0.4) is 0 Å². The Morgan fingerprint density at radius 1 is 1.35 bits per heavy atom. The van der Waals surface area contributed by atoms with E-state index in [0.717, 1.165) is 36.8 Å². The quantitative estimate of drug-likeness (QED) is 0.595. The summed E-state index contributed by atoms with van der Waals surface area (Å²) in [6.07, 6.45) is 6.74. The van der Waals surface area contributed by atoms with Crippen LogP contribution in [-0.2, 0) is 4.74 Å². The Balaban J connectivity index is 2.08. The zero-order valence-electron chi connectivity index (χ0n) is 10.8. The van der Waals surface area contributed by atoms with Crippen molar-refractivity contribution in [2.75, 3.05) is 26.2 Å². The standard InChI is InChI=1S/C13H24N3O/c1-2-16(12-6-4-3-5-7-12)8-9-17-13(10-16)15-11-14/h12-14H,2-10H2,1H3/q+1/t13-,16+/m0/s1. The van der Waals surface area contributed by atoms with Gasteiger partial charge in [0, 0.05) is 0 Å².